The number of alkyl halides is 3. The number of hydrazine groups is 1. The van der Waals surface area contributed by atoms with Crippen molar-refractivity contribution in [2.24, 2.45) is 18.6 Å². The molecule has 0 atom stereocenters. The van der Waals surface area contributed by atoms with Crippen LogP contribution in [0.1, 0.15) is 41.0 Å². The Bertz CT molecular complexity index is 1350. The average molecular weight is 609 g/mol. The maximum atomic E-state index is 12.9. The molecule has 2 aromatic carbocycles. The molecule has 0 fully saturated rings. The third-order valence-electron chi connectivity index (χ3n) is 6.70. The van der Waals surface area contributed by atoms with Crippen LogP contribution in [0.3, 0.4) is 0 Å². The van der Waals surface area contributed by atoms with Gasteiger partial charge in [0.05, 0.1) is 28.2 Å². The molecule has 9 nitrogen and oxygen atoms in total. The molecule has 1 amide bonds. The molecule has 42 heavy (non-hydrogen) atoms. The van der Waals surface area contributed by atoms with E-state index in [1.807, 2.05) is 6.92 Å². The van der Waals surface area contributed by atoms with Crippen molar-refractivity contribution >= 4 is 34.6 Å². The zero-order valence-corrected chi connectivity index (χ0v) is 25.6. The number of carbonyl (C=O) groups is 1. The van der Waals surface area contributed by atoms with Gasteiger partial charge in [-0.1, -0.05) is 31.5 Å². The summed E-state index contributed by atoms with van der Waals surface area (Å²) in [5.74, 6) is 5.46. The van der Waals surface area contributed by atoms with Crippen LogP contribution in [0.2, 0.25) is 5.02 Å². The number of nitrogens with zero attached hydrogens (tertiary/aromatic N) is 5. The Balaban J connectivity index is 0.000000528. The van der Waals surface area contributed by atoms with Crippen molar-refractivity contribution in [1.29, 1.82) is 0 Å². The number of likely N-dealkylation sites (N-methyl/N-ethyl adjacent to an activating group) is 2. The van der Waals surface area contributed by atoms with Crippen molar-refractivity contribution in [3.05, 3.63) is 82.3 Å². The van der Waals surface area contributed by atoms with Crippen LogP contribution in [-0.4, -0.2) is 65.8 Å². The summed E-state index contributed by atoms with van der Waals surface area (Å²) in [5, 5.41) is 7.96. The summed E-state index contributed by atoms with van der Waals surface area (Å²) in [6.07, 6.45) is -1.50. The Morgan fingerprint density at radius 2 is 1.71 bits per heavy atom. The van der Waals surface area contributed by atoms with Gasteiger partial charge in [0.15, 0.2) is 0 Å². The van der Waals surface area contributed by atoms with Crippen molar-refractivity contribution < 1.29 is 18.0 Å². The number of hydrogen-bond acceptors (Lipinski definition) is 7. The van der Waals surface area contributed by atoms with Gasteiger partial charge < -0.3 is 20.9 Å². The Kier molecular flexibility index (Phi) is 12.9. The lowest BCUT2D eigenvalue weighted by Gasteiger charge is -2.18. The third-order valence-corrected chi connectivity index (χ3v) is 7.02. The predicted octanol–water partition coefficient (Wildman–Crippen LogP) is 5.18. The monoisotopic (exact) mass is 608 g/mol. The summed E-state index contributed by atoms with van der Waals surface area (Å²) in [4.78, 5) is 17.3. The second-order valence-corrected chi connectivity index (χ2v) is 10.2. The van der Waals surface area contributed by atoms with Gasteiger partial charge in [0.2, 0.25) is 0 Å². The number of rotatable bonds is 10. The normalized spacial score (nSPS) is 11.9. The molecule has 3 aromatic rings. The molecule has 5 N–H and O–H groups in total. The highest BCUT2D eigenvalue weighted by molar-refractivity contribution is 6.33. The Morgan fingerprint density at radius 1 is 1.10 bits per heavy atom. The van der Waals surface area contributed by atoms with Gasteiger partial charge in [-0.15, -0.1) is 0 Å². The molecule has 0 saturated carbocycles. The fraction of sp³-hybridized carbons (Fsp3) is 0.379. The van der Waals surface area contributed by atoms with Crippen molar-refractivity contribution in [3.8, 4) is 0 Å². The number of nitrogens with two attached hydrogens (primary N) is 2. The van der Waals surface area contributed by atoms with E-state index >= 15 is 0 Å². The summed E-state index contributed by atoms with van der Waals surface area (Å²) in [6, 6.07) is 8.64. The number of anilines is 2. The first-order valence-corrected chi connectivity index (χ1v) is 13.7. The topological polar surface area (TPSA) is 109 Å². The summed E-state index contributed by atoms with van der Waals surface area (Å²) in [5.41, 5.74) is 7.49. The Hall–Kier alpha value is -3.58. The summed E-state index contributed by atoms with van der Waals surface area (Å²) >= 11 is 6.23. The molecule has 0 bridgehead atoms. The lowest BCUT2D eigenvalue weighted by molar-refractivity contribution is -0.137. The van der Waals surface area contributed by atoms with Crippen molar-refractivity contribution in [1.82, 2.24) is 19.6 Å². The van der Waals surface area contributed by atoms with Crippen molar-refractivity contribution in [3.63, 3.8) is 0 Å². The fourth-order valence-corrected chi connectivity index (χ4v) is 3.77. The zero-order valence-electron chi connectivity index (χ0n) is 24.8. The Morgan fingerprint density at radius 3 is 2.24 bits per heavy atom. The highest BCUT2D eigenvalue weighted by Crippen LogP contribution is 2.31. The van der Waals surface area contributed by atoms with Crippen LogP contribution >= 0.6 is 11.6 Å². The van der Waals surface area contributed by atoms with Gasteiger partial charge in [0, 0.05) is 48.8 Å². The largest absolute Gasteiger partial charge is 0.416 e. The summed E-state index contributed by atoms with van der Waals surface area (Å²) in [6.45, 7) is 10.9. The summed E-state index contributed by atoms with van der Waals surface area (Å²) < 4.78 is 40.4. The molecular weight excluding hydrogens is 569 g/mol. The fourth-order valence-electron chi connectivity index (χ4n) is 3.56. The lowest BCUT2D eigenvalue weighted by Crippen LogP contribution is -2.30. The second-order valence-electron chi connectivity index (χ2n) is 9.75. The quantitative estimate of drug-likeness (QED) is 0.215. The first kappa shape index (κ1) is 34.6. The van der Waals surface area contributed by atoms with Gasteiger partial charge in [0.1, 0.15) is 0 Å². The minimum atomic E-state index is -4.52. The highest BCUT2D eigenvalue weighted by atomic mass is 35.5. The van der Waals surface area contributed by atoms with E-state index in [9.17, 15) is 18.0 Å². The number of carbonyl (C=O) groups excluding carboxylic acids is 1. The number of benzene rings is 2. The van der Waals surface area contributed by atoms with E-state index in [0.717, 1.165) is 35.9 Å². The number of halogens is 4. The molecule has 0 unspecified atom stereocenters. The predicted molar refractivity (Wildman–Crippen MR) is 164 cm³/mol. The number of nitrogens with one attached hydrogen (secondary N) is 1. The molecule has 13 heteroatoms. The molecule has 0 aliphatic carbocycles. The molecule has 1 aromatic heterocycles. The molecule has 0 aliphatic heterocycles. The van der Waals surface area contributed by atoms with E-state index in [4.69, 9.17) is 23.2 Å². The smallest absolute Gasteiger partial charge is 0.397 e. The van der Waals surface area contributed by atoms with E-state index < -0.39 is 17.6 Å². The highest BCUT2D eigenvalue weighted by Gasteiger charge is 2.30. The van der Waals surface area contributed by atoms with E-state index in [-0.39, 0.29) is 22.0 Å². The van der Waals surface area contributed by atoms with Gasteiger partial charge in [-0.3, -0.25) is 14.5 Å². The zero-order chi connectivity index (χ0) is 31.6. The van der Waals surface area contributed by atoms with Crippen molar-refractivity contribution in [2.75, 3.05) is 50.6 Å². The minimum absolute atomic E-state index is 0.00197. The number of aromatic nitrogens is 2. The minimum Gasteiger partial charge on any atom is -0.397 e. The molecule has 0 saturated heterocycles. The number of amides is 1. The lowest BCUT2D eigenvalue weighted by atomic mass is 10.1. The first-order valence-electron chi connectivity index (χ1n) is 13.3. The SMILES string of the molecule is CCN(C)CCN(C)CC.Cc1c(/C(N)=C/N(N)c2cc(C(=O)Nc3cccc(C(F)(F)F)c3)ccc2Cl)cnn1C. The molecule has 230 valence electrons. The van der Waals surface area contributed by atoms with Crippen LogP contribution < -0.4 is 21.9 Å². The average Bonchev–Trinajstić information content (AvgIpc) is 3.29. The molecular formula is C29H40ClF3N8O. The first-order chi connectivity index (χ1) is 19.7. The van der Waals surface area contributed by atoms with Gasteiger partial charge in [-0.25, -0.2) is 5.84 Å². The van der Waals surface area contributed by atoms with Crippen molar-refractivity contribution in [2.45, 2.75) is 26.9 Å². The van der Waals surface area contributed by atoms with Gasteiger partial charge in [0.25, 0.3) is 5.91 Å². The van der Waals surface area contributed by atoms with E-state index in [1.165, 1.54) is 49.6 Å². The van der Waals surface area contributed by atoms with Crippen LogP contribution in [0.15, 0.2) is 54.9 Å². The summed E-state index contributed by atoms with van der Waals surface area (Å²) in [7, 11) is 6.09. The molecule has 0 radical (unpaired) electrons. The van der Waals surface area contributed by atoms with Crippen LogP contribution in [0.5, 0.6) is 0 Å². The standard InChI is InChI=1S/C21H20ClF3N6O.C8H20N2/c1-12-16(10-28-30(12)2)18(26)11-31(27)19-8-13(6-7-17(19)22)20(32)29-15-5-3-4-14(9-15)21(23,24)25;1-5-9(3)7-8-10(4)6-2/h3-11H,26-27H2,1-2H3,(H,29,32);5-8H2,1-4H3/b18-11-;. The van der Waals surface area contributed by atoms with Crippen LogP contribution in [-0.2, 0) is 13.2 Å². The second kappa shape index (κ2) is 15.6. The molecule has 3 rings (SSSR count). The molecule has 1 heterocycles. The van der Waals surface area contributed by atoms with Crippen LogP contribution in [0.25, 0.3) is 5.70 Å². The third kappa shape index (κ3) is 10.1. The van der Waals surface area contributed by atoms with Gasteiger partial charge in [-0.2, -0.15) is 18.3 Å². The molecule has 0 spiro atoms. The van der Waals surface area contributed by atoms with Crippen LogP contribution in [0.4, 0.5) is 24.5 Å². The van der Waals surface area contributed by atoms with Gasteiger partial charge >= 0.3 is 6.18 Å². The number of aryl methyl sites for hydroxylation is 1. The molecule has 0 aliphatic rings. The van der Waals surface area contributed by atoms with Gasteiger partial charge in [-0.05, 0) is 70.5 Å². The van der Waals surface area contributed by atoms with Crippen LogP contribution in [0, 0.1) is 6.92 Å². The van der Waals surface area contributed by atoms with E-state index in [1.54, 1.807) is 17.9 Å². The Labute approximate surface area is 250 Å². The van der Waals surface area contributed by atoms with E-state index in [2.05, 4.69) is 48.2 Å². The maximum Gasteiger partial charge on any atom is 0.416 e. The van der Waals surface area contributed by atoms with E-state index in [0.29, 0.717) is 11.3 Å². The number of hydrogen-bond donors (Lipinski definition) is 3. The maximum absolute atomic E-state index is 12.9.